The molecule has 0 spiro atoms. The summed E-state index contributed by atoms with van der Waals surface area (Å²) < 4.78 is 5.79. The van der Waals surface area contributed by atoms with Crippen molar-refractivity contribution in [2.75, 3.05) is 13.2 Å². The monoisotopic (exact) mass is 252 g/mol. The van der Waals surface area contributed by atoms with E-state index in [4.69, 9.17) is 4.74 Å². The molecule has 3 nitrogen and oxygen atoms in total. The van der Waals surface area contributed by atoms with Crippen LogP contribution >= 0.6 is 0 Å². The smallest absolute Gasteiger partial charge is 0.0655 e. The molecule has 2 aliphatic heterocycles. The number of nitrogens with one attached hydrogen (secondary N) is 2. The molecule has 3 rings (SSSR count). The highest BCUT2D eigenvalue weighted by Gasteiger charge is 2.49. The minimum Gasteiger partial charge on any atom is -0.378 e. The number of rotatable bonds is 5. The Morgan fingerprint density at radius 3 is 2.67 bits per heavy atom. The van der Waals surface area contributed by atoms with E-state index in [2.05, 4.69) is 31.4 Å². The maximum atomic E-state index is 5.79. The van der Waals surface area contributed by atoms with Gasteiger partial charge in [0.25, 0.3) is 0 Å². The fourth-order valence-electron chi connectivity index (χ4n) is 4.17. The summed E-state index contributed by atoms with van der Waals surface area (Å²) in [5.41, 5.74) is 0.307. The van der Waals surface area contributed by atoms with Crippen LogP contribution in [0.5, 0.6) is 0 Å². The van der Waals surface area contributed by atoms with Gasteiger partial charge in [0.2, 0.25) is 0 Å². The molecule has 1 saturated carbocycles. The number of fused-ring (bicyclic) bond motifs is 2. The summed E-state index contributed by atoms with van der Waals surface area (Å²) >= 11 is 0. The van der Waals surface area contributed by atoms with Crippen LogP contribution in [0.1, 0.15) is 46.5 Å². The molecule has 18 heavy (non-hydrogen) atoms. The Hall–Kier alpha value is -0.120. The third-order valence-corrected chi connectivity index (χ3v) is 5.60. The molecular formula is C15H28N2O. The zero-order chi connectivity index (χ0) is 12.8. The number of ether oxygens (including phenoxy) is 1. The molecule has 0 aromatic rings. The molecule has 3 fully saturated rings. The predicted molar refractivity (Wildman–Crippen MR) is 73.7 cm³/mol. The summed E-state index contributed by atoms with van der Waals surface area (Å²) in [5.74, 6) is 0.866. The Morgan fingerprint density at radius 2 is 2.11 bits per heavy atom. The van der Waals surface area contributed by atoms with Crippen LogP contribution in [0.2, 0.25) is 0 Å². The first-order valence-corrected chi connectivity index (χ1v) is 7.72. The molecule has 2 saturated heterocycles. The lowest BCUT2D eigenvalue weighted by molar-refractivity contribution is -0.114. The largest absolute Gasteiger partial charge is 0.378 e. The van der Waals surface area contributed by atoms with Gasteiger partial charge in [-0.3, -0.25) is 0 Å². The normalized spacial score (nSPS) is 45.2. The van der Waals surface area contributed by atoms with Crippen LogP contribution in [0, 0.1) is 11.3 Å². The second-order valence-corrected chi connectivity index (χ2v) is 7.01. The molecule has 104 valence electrons. The molecule has 1 aliphatic carbocycles. The first kappa shape index (κ1) is 12.9. The zero-order valence-electron chi connectivity index (χ0n) is 12.0. The molecule has 2 bridgehead atoms. The van der Waals surface area contributed by atoms with Gasteiger partial charge in [-0.2, -0.15) is 0 Å². The Labute approximate surface area is 111 Å². The van der Waals surface area contributed by atoms with E-state index in [1.165, 1.54) is 32.2 Å². The van der Waals surface area contributed by atoms with Gasteiger partial charge in [-0.15, -0.1) is 0 Å². The average molecular weight is 252 g/mol. The molecule has 0 aromatic carbocycles. The van der Waals surface area contributed by atoms with Crippen molar-refractivity contribution < 1.29 is 4.74 Å². The molecule has 0 amide bonds. The second-order valence-electron chi connectivity index (χ2n) is 7.01. The van der Waals surface area contributed by atoms with Gasteiger partial charge in [0.1, 0.15) is 0 Å². The fourth-order valence-corrected chi connectivity index (χ4v) is 4.17. The van der Waals surface area contributed by atoms with Crippen LogP contribution in [0.4, 0.5) is 0 Å². The molecule has 3 heteroatoms. The summed E-state index contributed by atoms with van der Waals surface area (Å²) in [6.07, 6.45) is 5.84. The van der Waals surface area contributed by atoms with Crippen molar-refractivity contribution >= 4 is 0 Å². The molecule has 2 heterocycles. The Kier molecular flexibility index (Phi) is 3.41. The van der Waals surface area contributed by atoms with Crippen LogP contribution in [0.25, 0.3) is 0 Å². The van der Waals surface area contributed by atoms with E-state index in [1.54, 1.807) is 0 Å². The van der Waals surface area contributed by atoms with E-state index in [0.717, 1.165) is 24.6 Å². The van der Waals surface area contributed by atoms with E-state index < -0.39 is 0 Å². The lowest BCUT2D eigenvalue weighted by atomic mass is 9.64. The molecule has 5 atom stereocenters. The molecular weight excluding hydrogens is 224 g/mol. The van der Waals surface area contributed by atoms with Crippen LogP contribution < -0.4 is 10.6 Å². The van der Waals surface area contributed by atoms with Crippen molar-refractivity contribution in [2.24, 2.45) is 11.3 Å². The summed E-state index contributed by atoms with van der Waals surface area (Å²) in [4.78, 5) is 0. The van der Waals surface area contributed by atoms with Crippen molar-refractivity contribution in [1.29, 1.82) is 0 Å². The Morgan fingerprint density at radius 1 is 1.28 bits per heavy atom. The first-order valence-electron chi connectivity index (χ1n) is 7.72. The molecule has 2 N–H and O–H groups in total. The van der Waals surface area contributed by atoms with Gasteiger partial charge in [-0.1, -0.05) is 13.8 Å². The minimum atomic E-state index is 0.307. The van der Waals surface area contributed by atoms with Crippen LogP contribution in [-0.2, 0) is 4.74 Å². The summed E-state index contributed by atoms with van der Waals surface area (Å²) in [5, 5.41) is 7.53. The summed E-state index contributed by atoms with van der Waals surface area (Å²) in [7, 11) is 0. The van der Waals surface area contributed by atoms with Gasteiger partial charge in [-0.05, 0) is 45.1 Å². The SMILES string of the molecule is CCOC1CC(NCC2CC3CCC2N3)C1(C)C. The standard InChI is InChI=1S/C15H28N2O/c1-4-18-14-8-13(15(14,2)3)16-9-10-7-11-5-6-12(10)17-11/h10-14,16-17H,4-9H2,1-3H3. The van der Waals surface area contributed by atoms with Crippen molar-refractivity contribution in [2.45, 2.75) is 70.7 Å². The highest BCUT2D eigenvalue weighted by Crippen LogP contribution is 2.43. The van der Waals surface area contributed by atoms with Gasteiger partial charge < -0.3 is 15.4 Å². The van der Waals surface area contributed by atoms with E-state index in [9.17, 15) is 0 Å². The molecule has 0 aromatic heterocycles. The van der Waals surface area contributed by atoms with Gasteiger partial charge in [-0.25, -0.2) is 0 Å². The maximum Gasteiger partial charge on any atom is 0.0655 e. The van der Waals surface area contributed by atoms with E-state index in [-0.39, 0.29) is 0 Å². The maximum absolute atomic E-state index is 5.79. The van der Waals surface area contributed by atoms with E-state index in [1.807, 2.05) is 0 Å². The highest BCUT2D eigenvalue weighted by atomic mass is 16.5. The topological polar surface area (TPSA) is 33.3 Å². The Balaban J connectivity index is 1.45. The number of hydrogen-bond donors (Lipinski definition) is 2. The highest BCUT2D eigenvalue weighted by molar-refractivity contribution is 5.04. The van der Waals surface area contributed by atoms with Crippen molar-refractivity contribution in [3.63, 3.8) is 0 Å². The summed E-state index contributed by atoms with van der Waals surface area (Å²) in [6, 6.07) is 2.27. The average Bonchev–Trinajstić information content (AvgIpc) is 2.94. The van der Waals surface area contributed by atoms with Gasteiger partial charge in [0.15, 0.2) is 0 Å². The lowest BCUT2D eigenvalue weighted by Gasteiger charge is -2.52. The van der Waals surface area contributed by atoms with Crippen molar-refractivity contribution in [1.82, 2.24) is 10.6 Å². The predicted octanol–water partition coefficient (Wildman–Crippen LogP) is 1.92. The number of hydrogen-bond acceptors (Lipinski definition) is 3. The van der Waals surface area contributed by atoms with Gasteiger partial charge in [0, 0.05) is 30.1 Å². The van der Waals surface area contributed by atoms with Crippen molar-refractivity contribution in [3.8, 4) is 0 Å². The minimum absolute atomic E-state index is 0.307. The van der Waals surface area contributed by atoms with Crippen LogP contribution in [-0.4, -0.2) is 37.4 Å². The lowest BCUT2D eigenvalue weighted by Crippen LogP contribution is -2.61. The van der Waals surface area contributed by atoms with E-state index in [0.29, 0.717) is 17.6 Å². The van der Waals surface area contributed by atoms with Gasteiger partial charge >= 0.3 is 0 Å². The van der Waals surface area contributed by atoms with Crippen LogP contribution in [0.15, 0.2) is 0 Å². The fraction of sp³-hybridized carbons (Fsp3) is 1.00. The molecule has 3 aliphatic rings. The van der Waals surface area contributed by atoms with E-state index >= 15 is 0 Å². The van der Waals surface area contributed by atoms with Gasteiger partial charge in [0.05, 0.1) is 6.10 Å². The first-order chi connectivity index (χ1) is 8.61. The third kappa shape index (κ3) is 2.10. The van der Waals surface area contributed by atoms with Crippen molar-refractivity contribution in [3.05, 3.63) is 0 Å². The second kappa shape index (κ2) is 4.77. The zero-order valence-corrected chi connectivity index (χ0v) is 12.0. The molecule has 0 radical (unpaired) electrons. The summed E-state index contributed by atoms with van der Waals surface area (Å²) in [6.45, 7) is 8.82. The quantitative estimate of drug-likeness (QED) is 0.784. The Bertz CT molecular complexity index is 305. The van der Waals surface area contributed by atoms with Crippen LogP contribution in [0.3, 0.4) is 0 Å². The third-order valence-electron chi connectivity index (χ3n) is 5.60. The molecule has 5 unspecified atom stereocenters.